The molecule has 3 amide bonds. The second-order valence-corrected chi connectivity index (χ2v) is 8.20. The molecule has 3 aromatic carbocycles. The summed E-state index contributed by atoms with van der Waals surface area (Å²) in [6.45, 7) is 4.00. The number of hydrogen-bond donors (Lipinski definition) is 0. The van der Waals surface area contributed by atoms with Crippen LogP contribution in [0.1, 0.15) is 31.9 Å². The van der Waals surface area contributed by atoms with Gasteiger partial charge in [0.2, 0.25) is 5.91 Å². The van der Waals surface area contributed by atoms with Gasteiger partial charge in [-0.2, -0.15) is 0 Å². The quantitative estimate of drug-likeness (QED) is 0.432. The Balaban J connectivity index is 1.60. The molecule has 0 bridgehead atoms. The van der Waals surface area contributed by atoms with Crippen molar-refractivity contribution in [1.82, 2.24) is 4.90 Å². The summed E-state index contributed by atoms with van der Waals surface area (Å²) >= 11 is 0. The fraction of sp³-hybridized carbons (Fsp3) is 0.250. The monoisotopic (exact) mass is 472 g/mol. The van der Waals surface area contributed by atoms with E-state index in [0.29, 0.717) is 23.8 Å². The standard InChI is InChI=1S/C28H28N2O5/c1-3-34-24-16-14-22(15-17-24)30-26(31)18-25(28(30)33)29(20(2)21-10-6-4-7-11-21)27(32)19-35-23-12-8-5-9-13-23/h4-17,20,25H,3,18-19H2,1-2H3. The van der Waals surface area contributed by atoms with Gasteiger partial charge in [-0.25, -0.2) is 4.90 Å². The van der Waals surface area contributed by atoms with Crippen molar-refractivity contribution in [3.63, 3.8) is 0 Å². The first kappa shape index (κ1) is 24.0. The summed E-state index contributed by atoms with van der Waals surface area (Å²) in [5.41, 5.74) is 1.31. The van der Waals surface area contributed by atoms with E-state index in [1.165, 1.54) is 4.90 Å². The third-order valence-corrected chi connectivity index (χ3v) is 5.96. The number of hydrogen-bond acceptors (Lipinski definition) is 5. The summed E-state index contributed by atoms with van der Waals surface area (Å²) in [5.74, 6) is 0.0450. The van der Waals surface area contributed by atoms with Gasteiger partial charge in [0, 0.05) is 0 Å². The number of anilines is 1. The number of carbonyl (C=O) groups excluding carboxylic acids is 3. The van der Waals surface area contributed by atoms with Gasteiger partial charge in [-0.05, 0) is 55.8 Å². The van der Waals surface area contributed by atoms with Crippen LogP contribution in [-0.4, -0.2) is 41.9 Å². The Hall–Kier alpha value is -4.13. The number of benzene rings is 3. The van der Waals surface area contributed by atoms with Crippen molar-refractivity contribution in [3.8, 4) is 11.5 Å². The summed E-state index contributed by atoms with van der Waals surface area (Å²) in [5, 5.41) is 0. The van der Waals surface area contributed by atoms with Crippen molar-refractivity contribution in [2.75, 3.05) is 18.1 Å². The molecule has 0 aromatic heterocycles. The minimum atomic E-state index is -0.934. The van der Waals surface area contributed by atoms with Crippen LogP contribution in [0.3, 0.4) is 0 Å². The maximum Gasteiger partial charge on any atom is 0.261 e. The summed E-state index contributed by atoms with van der Waals surface area (Å²) in [7, 11) is 0. The van der Waals surface area contributed by atoms with Crippen LogP contribution < -0.4 is 14.4 Å². The Kier molecular flexibility index (Phi) is 7.45. The molecule has 1 saturated heterocycles. The van der Waals surface area contributed by atoms with E-state index >= 15 is 0 Å². The molecular weight excluding hydrogens is 444 g/mol. The van der Waals surface area contributed by atoms with Gasteiger partial charge in [0.05, 0.1) is 24.8 Å². The molecule has 1 aliphatic rings. The fourth-order valence-electron chi connectivity index (χ4n) is 4.25. The summed E-state index contributed by atoms with van der Waals surface area (Å²) in [6.07, 6.45) is -0.0969. The van der Waals surface area contributed by atoms with E-state index in [1.54, 1.807) is 36.4 Å². The summed E-state index contributed by atoms with van der Waals surface area (Å²) in [4.78, 5) is 42.6. The number of rotatable bonds is 9. The Morgan fingerprint density at radius 3 is 2.14 bits per heavy atom. The molecule has 0 aliphatic carbocycles. The minimum Gasteiger partial charge on any atom is -0.494 e. The smallest absolute Gasteiger partial charge is 0.261 e. The van der Waals surface area contributed by atoms with Crippen molar-refractivity contribution < 1.29 is 23.9 Å². The minimum absolute atomic E-state index is 0.0969. The molecule has 2 unspecified atom stereocenters. The van der Waals surface area contributed by atoms with Gasteiger partial charge in [-0.3, -0.25) is 14.4 Å². The van der Waals surface area contributed by atoms with Gasteiger partial charge in [-0.15, -0.1) is 0 Å². The average molecular weight is 473 g/mol. The number of para-hydroxylation sites is 1. The van der Waals surface area contributed by atoms with Gasteiger partial charge in [-0.1, -0.05) is 48.5 Å². The Bertz CT molecular complexity index is 1160. The van der Waals surface area contributed by atoms with E-state index in [0.717, 1.165) is 10.5 Å². The highest BCUT2D eigenvalue weighted by atomic mass is 16.5. The van der Waals surface area contributed by atoms with Crippen LogP contribution in [0.25, 0.3) is 0 Å². The van der Waals surface area contributed by atoms with Gasteiger partial charge in [0.25, 0.3) is 11.8 Å². The molecular formula is C28H28N2O5. The van der Waals surface area contributed by atoms with Crippen LogP contribution in [0.2, 0.25) is 0 Å². The first-order valence-electron chi connectivity index (χ1n) is 11.6. The largest absolute Gasteiger partial charge is 0.494 e. The van der Waals surface area contributed by atoms with Crippen LogP contribution in [0.5, 0.6) is 11.5 Å². The van der Waals surface area contributed by atoms with Gasteiger partial charge in [0.15, 0.2) is 6.61 Å². The van der Waals surface area contributed by atoms with Crippen molar-refractivity contribution in [2.24, 2.45) is 0 Å². The van der Waals surface area contributed by atoms with Crippen molar-refractivity contribution in [2.45, 2.75) is 32.4 Å². The third-order valence-electron chi connectivity index (χ3n) is 5.96. The van der Waals surface area contributed by atoms with Gasteiger partial charge >= 0.3 is 0 Å². The lowest BCUT2D eigenvalue weighted by Gasteiger charge is -2.33. The zero-order valence-electron chi connectivity index (χ0n) is 19.8. The number of amides is 3. The maximum atomic E-state index is 13.5. The first-order valence-corrected chi connectivity index (χ1v) is 11.6. The SMILES string of the molecule is CCOc1ccc(N2C(=O)CC(N(C(=O)COc3ccccc3)C(C)c3ccccc3)C2=O)cc1. The predicted octanol–water partition coefficient (Wildman–Crippen LogP) is 4.39. The second kappa shape index (κ2) is 10.9. The molecule has 0 saturated carbocycles. The van der Waals surface area contributed by atoms with Gasteiger partial charge < -0.3 is 14.4 Å². The lowest BCUT2D eigenvalue weighted by molar-refractivity contribution is -0.142. The molecule has 0 radical (unpaired) electrons. The highest BCUT2D eigenvalue weighted by Crippen LogP contribution is 2.32. The summed E-state index contributed by atoms with van der Waals surface area (Å²) < 4.78 is 11.1. The lowest BCUT2D eigenvalue weighted by atomic mass is 10.0. The van der Waals surface area contributed by atoms with E-state index in [2.05, 4.69) is 0 Å². The second-order valence-electron chi connectivity index (χ2n) is 8.20. The Morgan fingerprint density at radius 1 is 0.914 bits per heavy atom. The predicted molar refractivity (Wildman–Crippen MR) is 132 cm³/mol. The van der Waals surface area contributed by atoms with Crippen LogP contribution in [0.4, 0.5) is 5.69 Å². The zero-order valence-corrected chi connectivity index (χ0v) is 19.8. The molecule has 4 rings (SSSR count). The normalized spacial score (nSPS) is 16.2. The highest BCUT2D eigenvalue weighted by Gasteiger charge is 2.46. The van der Waals surface area contributed by atoms with Crippen LogP contribution >= 0.6 is 0 Å². The van der Waals surface area contributed by atoms with Crippen molar-refractivity contribution in [1.29, 1.82) is 0 Å². The highest BCUT2D eigenvalue weighted by molar-refractivity contribution is 6.23. The number of nitrogens with zero attached hydrogens (tertiary/aromatic N) is 2. The van der Waals surface area contributed by atoms with Crippen LogP contribution in [-0.2, 0) is 14.4 Å². The van der Waals surface area contributed by atoms with Crippen LogP contribution in [0, 0.1) is 0 Å². The average Bonchev–Trinajstić information content (AvgIpc) is 3.18. The fourth-order valence-corrected chi connectivity index (χ4v) is 4.25. The number of carbonyl (C=O) groups is 3. The zero-order chi connectivity index (χ0) is 24.8. The number of imide groups is 1. The van der Waals surface area contributed by atoms with Gasteiger partial charge in [0.1, 0.15) is 17.5 Å². The van der Waals surface area contributed by atoms with E-state index in [-0.39, 0.29) is 24.8 Å². The topological polar surface area (TPSA) is 76.2 Å². The molecule has 35 heavy (non-hydrogen) atoms. The summed E-state index contributed by atoms with van der Waals surface area (Å²) in [6, 6.07) is 23.9. The lowest BCUT2D eigenvalue weighted by Crippen LogP contribution is -2.48. The van der Waals surface area contributed by atoms with E-state index < -0.39 is 18.0 Å². The molecule has 1 aliphatic heterocycles. The Labute approximate surface area is 204 Å². The van der Waals surface area contributed by atoms with E-state index in [9.17, 15) is 14.4 Å². The molecule has 1 heterocycles. The molecule has 0 spiro atoms. The van der Waals surface area contributed by atoms with Crippen LogP contribution in [0.15, 0.2) is 84.9 Å². The molecule has 180 valence electrons. The van der Waals surface area contributed by atoms with Crippen molar-refractivity contribution >= 4 is 23.4 Å². The number of ether oxygens (including phenoxy) is 2. The molecule has 0 N–H and O–H groups in total. The molecule has 7 nitrogen and oxygen atoms in total. The Morgan fingerprint density at radius 2 is 1.51 bits per heavy atom. The first-order chi connectivity index (χ1) is 17.0. The van der Waals surface area contributed by atoms with E-state index in [4.69, 9.17) is 9.47 Å². The van der Waals surface area contributed by atoms with Crippen molar-refractivity contribution in [3.05, 3.63) is 90.5 Å². The third kappa shape index (κ3) is 5.35. The van der Waals surface area contributed by atoms with E-state index in [1.807, 2.05) is 62.4 Å². The maximum absolute atomic E-state index is 13.5. The molecule has 7 heteroatoms. The molecule has 3 aromatic rings. The molecule has 1 fully saturated rings. The molecule has 2 atom stereocenters.